The van der Waals surface area contributed by atoms with Gasteiger partial charge in [0, 0.05) is 25.4 Å². The van der Waals surface area contributed by atoms with E-state index in [1.807, 2.05) is 37.3 Å². The molecule has 2 aromatic rings. The molecule has 0 fully saturated rings. The van der Waals surface area contributed by atoms with Crippen LogP contribution in [-0.4, -0.2) is 24.2 Å². The summed E-state index contributed by atoms with van der Waals surface area (Å²) < 4.78 is 5.36. The van der Waals surface area contributed by atoms with Crippen LogP contribution in [0.5, 0.6) is 5.88 Å². The molecule has 5 nitrogen and oxygen atoms in total. The molecule has 134 valence electrons. The highest BCUT2D eigenvalue weighted by atomic mass is 16.5. The highest BCUT2D eigenvalue weighted by Gasteiger charge is 2.19. The second kappa shape index (κ2) is 9.06. The van der Waals surface area contributed by atoms with Gasteiger partial charge in [0.05, 0.1) is 6.61 Å². The van der Waals surface area contributed by atoms with Gasteiger partial charge in [0.1, 0.15) is 0 Å². The summed E-state index contributed by atoms with van der Waals surface area (Å²) in [6.07, 6.45) is 2.60. The zero-order valence-corrected chi connectivity index (χ0v) is 15.2. The van der Waals surface area contributed by atoms with E-state index in [0.29, 0.717) is 25.6 Å². The van der Waals surface area contributed by atoms with E-state index in [0.717, 1.165) is 12.0 Å². The van der Waals surface area contributed by atoms with E-state index in [1.54, 1.807) is 6.20 Å². The predicted octanol–water partition coefficient (Wildman–Crippen LogP) is 3.55. The quantitative estimate of drug-likeness (QED) is 0.772. The van der Waals surface area contributed by atoms with Crippen molar-refractivity contribution in [1.29, 1.82) is 0 Å². The number of ether oxygens (including phenoxy) is 1. The summed E-state index contributed by atoms with van der Waals surface area (Å²) in [6, 6.07) is 13.8. The Kier molecular flexibility index (Phi) is 6.81. The van der Waals surface area contributed by atoms with Crippen molar-refractivity contribution in [2.75, 3.05) is 13.2 Å². The number of hydrogen-bond donors (Lipinski definition) is 2. The van der Waals surface area contributed by atoms with E-state index in [1.165, 1.54) is 5.56 Å². The highest BCUT2D eigenvalue weighted by Crippen LogP contribution is 2.20. The van der Waals surface area contributed by atoms with Crippen LogP contribution in [0.1, 0.15) is 31.9 Å². The molecule has 25 heavy (non-hydrogen) atoms. The van der Waals surface area contributed by atoms with Gasteiger partial charge >= 0.3 is 6.03 Å². The van der Waals surface area contributed by atoms with E-state index in [-0.39, 0.29) is 11.4 Å². The number of hydrogen-bond acceptors (Lipinski definition) is 3. The summed E-state index contributed by atoms with van der Waals surface area (Å²) in [5, 5.41) is 5.83. The van der Waals surface area contributed by atoms with Crippen molar-refractivity contribution in [3.05, 3.63) is 59.8 Å². The van der Waals surface area contributed by atoms with Crippen LogP contribution in [0.25, 0.3) is 0 Å². The molecule has 2 N–H and O–H groups in total. The molecule has 1 heterocycles. The van der Waals surface area contributed by atoms with Crippen molar-refractivity contribution < 1.29 is 9.53 Å². The largest absolute Gasteiger partial charge is 0.478 e. The molecule has 2 rings (SSSR count). The first kappa shape index (κ1) is 18.8. The summed E-state index contributed by atoms with van der Waals surface area (Å²) in [7, 11) is 0. The molecule has 0 aliphatic carbocycles. The third-order valence-electron chi connectivity index (χ3n) is 3.80. The van der Waals surface area contributed by atoms with Crippen LogP contribution in [0.2, 0.25) is 0 Å². The van der Waals surface area contributed by atoms with Gasteiger partial charge in [-0.1, -0.05) is 44.2 Å². The van der Waals surface area contributed by atoms with Crippen LogP contribution in [0, 0.1) is 5.41 Å². The molecule has 0 unspecified atom stereocenters. The van der Waals surface area contributed by atoms with E-state index < -0.39 is 0 Å². The van der Waals surface area contributed by atoms with Gasteiger partial charge in [-0.3, -0.25) is 0 Å². The fourth-order valence-electron chi connectivity index (χ4n) is 2.56. The maximum Gasteiger partial charge on any atom is 0.315 e. The maximum absolute atomic E-state index is 12.1. The SMILES string of the molecule is CCOc1cc(CNC(=O)NCC(C)(C)Cc2ccccc2)ccn1. The van der Waals surface area contributed by atoms with Crippen molar-refractivity contribution in [1.82, 2.24) is 15.6 Å². The number of carbonyl (C=O) groups excluding carboxylic acids is 1. The molecule has 0 spiro atoms. The Hall–Kier alpha value is -2.56. The van der Waals surface area contributed by atoms with Gasteiger partial charge in [0.25, 0.3) is 0 Å². The molecule has 0 radical (unpaired) electrons. The van der Waals surface area contributed by atoms with E-state index in [2.05, 4.69) is 41.6 Å². The van der Waals surface area contributed by atoms with Crippen molar-refractivity contribution in [2.45, 2.75) is 33.7 Å². The minimum absolute atomic E-state index is 0.0164. The minimum atomic E-state index is -0.170. The lowest BCUT2D eigenvalue weighted by Crippen LogP contribution is -2.41. The van der Waals surface area contributed by atoms with Crippen LogP contribution < -0.4 is 15.4 Å². The molecule has 5 heteroatoms. The summed E-state index contributed by atoms with van der Waals surface area (Å²) in [4.78, 5) is 16.2. The van der Waals surface area contributed by atoms with Crippen LogP contribution in [0.3, 0.4) is 0 Å². The van der Waals surface area contributed by atoms with Gasteiger partial charge in [-0.05, 0) is 36.0 Å². The first-order valence-corrected chi connectivity index (χ1v) is 8.62. The smallest absolute Gasteiger partial charge is 0.315 e. The van der Waals surface area contributed by atoms with E-state index in [4.69, 9.17) is 4.74 Å². The van der Waals surface area contributed by atoms with E-state index in [9.17, 15) is 4.79 Å². The fourth-order valence-corrected chi connectivity index (χ4v) is 2.56. The standard InChI is InChI=1S/C20H27N3O2/c1-4-25-18-12-17(10-11-21-18)14-22-19(24)23-15-20(2,3)13-16-8-6-5-7-9-16/h5-12H,4,13-15H2,1-3H3,(H2,22,23,24). The number of nitrogens with one attached hydrogen (secondary N) is 2. The Morgan fingerprint density at radius 3 is 2.60 bits per heavy atom. The molecular formula is C20H27N3O2. The maximum atomic E-state index is 12.1. The molecule has 1 aromatic carbocycles. The Balaban J connectivity index is 1.77. The first-order chi connectivity index (χ1) is 12.0. The number of urea groups is 1. The molecule has 0 aliphatic heterocycles. The lowest BCUT2D eigenvalue weighted by atomic mass is 9.86. The van der Waals surface area contributed by atoms with Crippen LogP contribution >= 0.6 is 0 Å². The Labute approximate surface area is 149 Å². The number of amides is 2. The van der Waals surface area contributed by atoms with Gasteiger partial charge in [0.15, 0.2) is 0 Å². The molecule has 0 saturated carbocycles. The second-order valence-corrected chi connectivity index (χ2v) is 6.80. The molecule has 1 aromatic heterocycles. The van der Waals surface area contributed by atoms with Gasteiger partial charge in [-0.15, -0.1) is 0 Å². The Morgan fingerprint density at radius 2 is 1.88 bits per heavy atom. The third-order valence-corrected chi connectivity index (χ3v) is 3.80. The molecule has 0 aliphatic rings. The van der Waals surface area contributed by atoms with Crippen molar-refractivity contribution in [2.24, 2.45) is 5.41 Å². The minimum Gasteiger partial charge on any atom is -0.478 e. The molecule has 0 saturated heterocycles. The van der Waals surface area contributed by atoms with E-state index >= 15 is 0 Å². The van der Waals surface area contributed by atoms with Crippen molar-refractivity contribution in [3.63, 3.8) is 0 Å². The van der Waals surface area contributed by atoms with Crippen molar-refractivity contribution in [3.8, 4) is 5.88 Å². The zero-order valence-electron chi connectivity index (χ0n) is 15.2. The topological polar surface area (TPSA) is 63.2 Å². The average Bonchev–Trinajstić information content (AvgIpc) is 2.59. The summed E-state index contributed by atoms with van der Waals surface area (Å²) in [6.45, 7) is 7.83. The zero-order chi connectivity index (χ0) is 18.1. The number of pyridine rings is 1. The number of nitrogens with zero attached hydrogens (tertiary/aromatic N) is 1. The summed E-state index contributed by atoms with van der Waals surface area (Å²) in [5.41, 5.74) is 2.21. The van der Waals surface area contributed by atoms with Crippen LogP contribution in [0.15, 0.2) is 48.7 Å². The molecule has 2 amide bonds. The van der Waals surface area contributed by atoms with Gasteiger partial charge in [-0.2, -0.15) is 0 Å². The lowest BCUT2D eigenvalue weighted by Gasteiger charge is -2.25. The number of aromatic nitrogens is 1. The molecule has 0 bridgehead atoms. The number of carbonyl (C=O) groups is 1. The normalized spacial score (nSPS) is 11.0. The molecule has 0 atom stereocenters. The second-order valence-electron chi connectivity index (χ2n) is 6.80. The monoisotopic (exact) mass is 341 g/mol. The Bertz CT molecular complexity index is 672. The first-order valence-electron chi connectivity index (χ1n) is 8.62. The number of rotatable bonds is 8. The average molecular weight is 341 g/mol. The van der Waals surface area contributed by atoms with Crippen LogP contribution in [-0.2, 0) is 13.0 Å². The van der Waals surface area contributed by atoms with Crippen LogP contribution in [0.4, 0.5) is 4.79 Å². The highest BCUT2D eigenvalue weighted by molar-refractivity contribution is 5.73. The predicted molar refractivity (Wildman–Crippen MR) is 99.6 cm³/mol. The number of benzene rings is 1. The van der Waals surface area contributed by atoms with Gasteiger partial charge in [0.2, 0.25) is 5.88 Å². The van der Waals surface area contributed by atoms with Crippen molar-refractivity contribution >= 4 is 6.03 Å². The van der Waals surface area contributed by atoms with Gasteiger partial charge in [-0.25, -0.2) is 9.78 Å². The fraction of sp³-hybridized carbons (Fsp3) is 0.400. The van der Waals surface area contributed by atoms with Gasteiger partial charge < -0.3 is 15.4 Å². The Morgan fingerprint density at radius 1 is 1.12 bits per heavy atom. The lowest BCUT2D eigenvalue weighted by molar-refractivity contribution is 0.233. The summed E-state index contributed by atoms with van der Waals surface area (Å²) in [5.74, 6) is 0.575. The third kappa shape index (κ3) is 6.83. The molecular weight excluding hydrogens is 314 g/mol. The summed E-state index contributed by atoms with van der Waals surface area (Å²) >= 11 is 0.